The Morgan fingerprint density at radius 2 is 2.31 bits per heavy atom. The highest BCUT2D eigenvalue weighted by molar-refractivity contribution is 9.10. The van der Waals surface area contributed by atoms with Gasteiger partial charge in [-0.15, -0.1) is 0 Å². The summed E-state index contributed by atoms with van der Waals surface area (Å²) in [5.74, 6) is 0. The lowest BCUT2D eigenvalue weighted by atomic mass is 10.2. The van der Waals surface area contributed by atoms with Gasteiger partial charge in [-0.3, -0.25) is 9.97 Å². The van der Waals surface area contributed by atoms with Gasteiger partial charge in [-0.25, -0.2) is 0 Å². The van der Waals surface area contributed by atoms with E-state index in [0.717, 1.165) is 21.2 Å². The molecule has 0 radical (unpaired) electrons. The van der Waals surface area contributed by atoms with Gasteiger partial charge in [-0.2, -0.15) is 0 Å². The molecular weight excluding hydrogens is 270 g/mol. The predicted molar refractivity (Wildman–Crippen MR) is 67.4 cm³/mol. The standard InChI is InChI=1S/C11H12BrN3O/c1-7(6-16)15-9-2-3-13-10-4-8(12)5-14-11(9)10/h2-5,7,16H,6H2,1H3,(H,13,15). The number of fused-ring (bicyclic) bond motifs is 1. The molecule has 16 heavy (non-hydrogen) atoms. The molecule has 1 unspecified atom stereocenters. The van der Waals surface area contributed by atoms with E-state index in [1.165, 1.54) is 0 Å². The van der Waals surface area contributed by atoms with Crippen molar-refractivity contribution in [2.45, 2.75) is 13.0 Å². The molecule has 0 saturated heterocycles. The van der Waals surface area contributed by atoms with Gasteiger partial charge in [0.25, 0.3) is 0 Å². The zero-order valence-electron chi connectivity index (χ0n) is 8.81. The van der Waals surface area contributed by atoms with Gasteiger partial charge in [0.2, 0.25) is 0 Å². The van der Waals surface area contributed by atoms with Crippen molar-refractivity contribution in [3.05, 3.63) is 29.0 Å². The molecule has 0 aliphatic carbocycles. The van der Waals surface area contributed by atoms with E-state index in [4.69, 9.17) is 5.11 Å². The summed E-state index contributed by atoms with van der Waals surface area (Å²) in [4.78, 5) is 8.56. The Morgan fingerprint density at radius 3 is 3.06 bits per heavy atom. The van der Waals surface area contributed by atoms with E-state index in [1.807, 2.05) is 19.1 Å². The molecule has 0 saturated carbocycles. The number of aliphatic hydroxyl groups is 1. The second-order valence-corrected chi connectivity index (χ2v) is 4.52. The van der Waals surface area contributed by atoms with Crippen LogP contribution in [0.4, 0.5) is 5.69 Å². The van der Waals surface area contributed by atoms with Gasteiger partial charge < -0.3 is 10.4 Å². The monoisotopic (exact) mass is 281 g/mol. The average molecular weight is 282 g/mol. The number of nitrogens with zero attached hydrogens (tertiary/aromatic N) is 2. The first-order valence-electron chi connectivity index (χ1n) is 4.98. The molecule has 2 aromatic rings. The normalized spacial score (nSPS) is 12.7. The van der Waals surface area contributed by atoms with Crippen molar-refractivity contribution in [1.29, 1.82) is 0 Å². The topological polar surface area (TPSA) is 58.0 Å². The molecular formula is C11H12BrN3O. The quantitative estimate of drug-likeness (QED) is 0.906. The van der Waals surface area contributed by atoms with Crippen LogP contribution < -0.4 is 5.32 Å². The minimum atomic E-state index is -0.00366. The lowest BCUT2D eigenvalue weighted by Crippen LogP contribution is -2.19. The minimum Gasteiger partial charge on any atom is -0.394 e. The Morgan fingerprint density at radius 1 is 1.50 bits per heavy atom. The summed E-state index contributed by atoms with van der Waals surface area (Å²) in [6.07, 6.45) is 3.46. The Kier molecular flexibility index (Phi) is 3.36. The summed E-state index contributed by atoms with van der Waals surface area (Å²) in [5, 5.41) is 12.2. The fourth-order valence-corrected chi connectivity index (χ4v) is 1.75. The van der Waals surface area contributed by atoms with E-state index in [-0.39, 0.29) is 12.6 Å². The van der Waals surface area contributed by atoms with Crippen LogP contribution in [0.15, 0.2) is 29.0 Å². The number of aliphatic hydroxyl groups excluding tert-OH is 1. The minimum absolute atomic E-state index is 0.00366. The molecule has 1 atom stereocenters. The Balaban J connectivity index is 2.45. The van der Waals surface area contributed by atoms with Crippen LogP contribution in [0.3, 0.4) is 0 Å². The van der Waals surface area contributed by atoms with E-state index in [1.54, 1.807) is 12.4 Å². The first kappa shape index (κ1) is 11.3. The van der Waals surface area contributed by atoms with E-state index < -0.39 is 0 Å². The van der Waals surface area contributed by atoms with Crippen LogP contribution in [-0.2, 0) is 0 Å². The molecule has 2 heterocycles. The SMILES string of the molecule is CC(CO)Nc1ccnc2cc(Br)cnc12. The van der Waals surface area contributed by atoms with Crippen LogP contribution in [0.5, 0.6) is 0 Å². The van der Waals surface area contributed by atoms with Crippen LogP contribution in [0.2, 0.25) is 0 Å². The fraction of sp³-hybridized carbons (Fsp3) is 0.273. The molecule has 0 fully saturated rings. The van der Waals surface area contributed by atoms with E-state index >= 15 is 0 Å². The Hall–Kier alpha value is -1.20. The first-order valence-corrected chi connectivity index (χ1v) is 5.77. The number of pyridine rings is 2. The molecule has 0 bridgehead atoms. The summed E-state index contributed by atoms with van der Waals surface area (Å²) < 4.78 is 0.903. The number of nitrogens with one attached hydrogen (secondary N) is 1. The molecule has 0 amide bonds. The lowest BCUT2D eigenvalue weighted by molar-refractivity contribution is 0.281. The number of aromatic nitrogens is 2. The summed E-state index contributed by atoms with van der Waals surface area (Å²) in [7, 11) is 0. The van der Waals surface area contributed by atoms with Crippen molar-refractivity contribution in [2.75, 3.05) is 11.9 Å². The Labute approximate surface area is 102 Å². The van der Waals surface area contributed by atoms with Crippen LogP contribution in [0.25, 0.3) is 11.0 Å². The molecule has 84 valence electrons. The van der Waals surface area contributed by atoms with Crippen molar-refractivity contribution in [3.63, 3.8) is 0 Å². The largest absolute Gasteiger partial charge is 0.394 e. The predicted octanol–water partition coefficient (Wildman–Crippen LogP) is 2.18. The maximum Gasteiger partial charge on any atom is 0.112 e. The maximum absolute atomic E-state index is 9.01. The smallest absolute Gasteiger partial charge is 0.112 e. The second-order valence-electron chi connectivity index (χ2n) is 3.61. The zero-order valence-corrected chi connectivity index (χ0v) is 10.4. The van der Waals surface area contributed by atoms with Gasteiger partial charge in [0, 0.05) is 22.9 Å². The highest BCUT2D eigenvalue weighted by atomic mass is 79.9. The third-order valence-electron chi connectivity index (χ3n) is 2.22. The van der Waals surface area contributed by atoms with E-state index in [0.29, 0.717) is 0 Å². The van der Waals surface area contributed by atoms with Crippen LogP contribution >= 0.6 is 15.9 Å². The average Bonchev–Trinajstić information content (AvgIpc) is 2.28. The zero-order chi connectivity index (χ0) is 11.5. The molecule has 0 aliphatic rings. The van der Waals surface area contributed by atoms with Gasteiger partial charge in [-0.1, -0.05) is 0 Å². The molecule has 0 aromatic carbocycles. The van der Waals surface area contributed by atoms with Crippen LogP contribution in [0, 0.1) is 0 Å². The molecule has 2 rings (SSSR count). The maximum atomic E-state index is 9.01. The van der Waals surface area contributed by atoms with E-state index in [2.05, 4.69) is 31.2 Å². The highest BCUT2D eigenvalue weighted by Gasteiger charge is 2.06. The van der Waals surface area contributed by atoms with Crippen molar-refractivity contribution in [2.24, 2.45) is 0 Å². The number of hydrogen-bond acceptors (Lipinski definition) is 4. The second kappa shape index (κ2) is 4.76. The van der Waals surface area contributed by atoms with Crippen LogP contribution in [-0.4, -0.2) is 27.7 Å². The van der Waals surface area contributed by atoms with Crippen molar-refractivity contribution >= 4 is 32.7 Å². The van der Waals surface area contributed by atoms with Crippen molar-refractivity contribution in [1.82, 2.24) is 9.97 Å². The van der Waals surface area contributed by atoms with Gasteiger partial charge in [0.05, 0.1) is 17.8 Å². The molecule has 0 spiro atoms. The number of anilines is 1. The summed E-state index contributed by atoms with van der Waals surface area (Å²) in [6, 6.07) is 3.77. The summed E-state index contributed by atoms with van der Waals surface area (Å²) in [6.45, 7) is 1.99. The van der Waals surface area contributed by atoms with Gasteiger partial charge in [0.1, 0.15) is 5.52 Å². The van der Waals surface area contributed by atoms with Crippen molar-refractivity contribution < 1.29 is 5.11 Å². The number of rotatable bonds is 3. The van der Waals surface area contributed by atoms with Crippen LogP contribution in [0.1, 0.15) is 6.92 Å². The summed E-state index contributed by atoms with van der Waals surface area (Å²) in [5.41, 5.74) is 2.52. The number of halogens is 1. The third kappa shape index (κ3) is 2.31. The van der Waals surface area contributed by atoms with Gasteiger partial charge in [0.15, 0.2) is 0 Å². The molecule has 5 heteroatoms. The highest BCUT2D eigenvalue weighted by Crippen LogP contribution is 2.22. The fourth-order valence-electron chi connectivity index (χ4n) is 1.43. The number of hydrogen-bond donors (Lipinski definition) is 2. The van der Waals surface area contributed by atoms with Gasteiger partial charge >= 0.3 is 0 Å². The molecule has 2 N–H and O–H groups in total. The molecule has 4 nitrogen and oxygen atoms in total. The third-order valence-corrected chi connectivity index (χ3v) is 2.65. The van der Waals surface area contributed by atoms with Crippen molar-refractivity contribution in [3.8, 4) is 0 Å². The Bertz CT molecular complexity index is 504. The summed E-state index contributed by atoms with van der Waals surface area (Å²) >= 11 is 3.36. The first-order chi connectivity index (χ1) is 7.70. The molecule has 0 aliphatic heterocycles. The molecule has 2 aromatic heterocycles. The lowest BCUT2D eigenvalue weighted by Gasteiger charge is -2.13. The van der Waals surface area contributed by atoms with Gasteiger partial charge in [-0.05, 0) is 35.0 Å². The van der Waals surface area contributed by atoms with E-state index in [9.17, 15) is 0 Å².